The zero-order valence-corrected chi connectivity index (χ0v) is 28.1. The van der Waals surface area contributed by atoms with Gasteiger partial charge in [0.2, 0.25) is 0 Å². The molecule has 0 unspecified atom stereocenters. The lowest BCUT2D eigenvalue weighted by atomic mass is 9.92. The largest absolute Gasteiger partial charge is 0.456 e. The average molecular weight is 670 g/mol. The van der Waals surface area contributed by atoms with Gasteiger partial charge in [0.15, 0.2) is 5.84 Å². The van der Waals surface area contributed by atoms with Gasteiger partial charge < -0.3 is 14.6 Å². The highest BCUT2D eigenvalue weighted by Crippen LogP contribution is 2.39. The fraction of sp³-hybridized carbons (Fsp3) is 0.0213. The zero-order valence-electron chi connectivity index (χ0n) is 28.1. The molecule has 0 aliphatic carbocycles. The third kappa shape index (κ3) is 4.94. The Balaban J connectivity index is 1.24. The fourth-order valence-electron chi connectivity index (χ4n) is 7.55. The van der Waals surface area contributed by atoms with Crippen molar-refractivity contribution in [2.45, 2.75) is 6.54 Å². The Hall–Kier alpha value is -6.98. The van der Waals surface area contributed by atoms with Crippen LogP contribution >= 0.6 is 0 Å². The molecular weight excluding hydrogens is 639 g/mol. The molecule has 0 aliphatic heterocycles. The summed E-state index contributed by atoms with van der Waals surface area (Å²) in [6, 6.07) is 56.0. The van der Waals surface area contributed by atoms with Crippen LogP contribution < -0.4 is 5.73 Å². The van der Waals surface area contributed by atoms with Gasteiger partial charge in [-0.1, -0.05) is 127 Å². The lowest BCUT2D eigenvalue weighted by Gasteiger charge is -2.14. The molecule has 0 radical (unpaired) electrons. The molecule has 10 rings (SSSR count). The van der Waals surface area contributed by atoms with Gasteiger partial charge >= 0.3 is 0 Å². The van der Waals surface area contributed by atoms with Crippen molar-refractivity contribution in [3.05, 3.63) is 180 Å². The summed E-state index contributed by atoms with van der Waals surface area (Å²) in [5, 5.41) is 8.61. The van der Waals surface area contributed by atoms with Crippen molar-refractivity contribution in [3.63, 3.8) is 0 Å². The molecule has 0 spiro atoms. The third-order valence-corrected chi connectivity index (χ3v) is 9.98. The monoisotopic (exact) mass is 669 g/mol. The van der Waals surface area contributed by atoms with Crippen LogP contribution in [0.15, 0.2) is 183 Å². The van der Waals surface area contributed by atoms with E-state index in [0.717, 1.165) is 71.7 Å². The summed E-state index contributed by atoms with van der Waals surface area (Å²) in [4.78, 5) is 10.4. The van der Waals surface area contributed by atoms with Crippen molar-refractivity contribution in [1.82, 2.24) is 0 Å². The normalized spacial score (nSPS) is 12.6. The molecule has 2 N–H and O–H groups in total. The highest BCUT2D eigenvalue weighted by Gasteiger charge is 2.21. The van der Waals surface area contributed by atoms with E-state index in [2.05, 4.69) is 84.9 Å². The van der Waals surface area contributed by atoms with Gasteiger partial charge in [-0.15, -0.1) is 0 Å². The van der Waals surface area contributed by atoms with Gasteiger partial charge in [-0.3, -0.25) is 4.99 Å². The zero-order chi connectivity index (χ0) is 34.6. The van der Waals surface area contributed by atoms with Crippen molar-refractivity contribution in [3.8, 4) is 11.1 Å². The predicted octanol–water partition coefficient (Wildman–Crippen LogP) is 11.8. The number of amidine groups is 2. The predicted molar refractivity (Wildman–Crippen MR) is 215 cm³/mol. The number of para-hydroxylation sites is 2. The second-order valence-electron chi connectivity index (χ2n) is 13.1. The van der Waals surface area contributed by atoms with Crippen LogP contribution in [0.1, 0.15) is 16.7 Å². The Labute approximate surface area is 299 Å². The summed E-state index contributed by atoms with van der Waals surface area (Å²) < 4.78 is 12.7. The van der Waals surface area contributed by atoms with Crippen LogP contribution in [0.2, 0.25) is 0 Å². The number of hydrogen-bond acceptors (Lipinski definition) is 3. The van der Waals surface area contributed by atoms with Crippen molar-refractivity contribution >= 4 is 77.1 Å². The Morgan fingerprint density at radius 3 is 1.90 bits per heavy atom. The SMILES string of the molecule is N/C(=N\C(=N/Cc1ccccc1)c1cccc2oc3ccccc3c12)c1c(-c2ccc3ccc4ccccc4c3c2)ccc2oc3ccccc3c12. The van der Waals surface area contributed by atoms with E-state index in [-0.39, 0.29) is 0 Å². The summed E-state index contributed by atoms with van der Waals surface area (Å²) >= 11 is 0. The van der Waals surface area contributed by atoms with Gasteiger partial charge in [-0.2, -0.15) is 0 Å². The Kier molecular flexibility index (Phi) is 6.96. The molecule has 2 aromatic heterocycles. The molecule has 2 heterocycles. The number of nitrogens with two attached hydrogens (primary N) is 1. The maximum atomic E-state index is 7.30. The van der Waals surface area contributed by atoms with Crippen LogP contribution in [0.3, 0.4) is 0 Å². The summed E-state index contributed by atoms with van der Waals surface area (Å²) in [6.45, 7) is 0.433. The molecule has 0 aliphatic rings. The highest BCUT2D eigenvalue weighted by molar-refractivity contribution is 6.26. The topological polar surface area (TPSA) is 77.0 Å². The van der Waals surface area contributed by atoms with Crippen LogP contribution in [0.4, 0.5) is 0 Å². The van der Waals surface area contributed by atoms with E-state index in [9.17, 15) is 0 Å². The van der Waals surface area contributed by atoms with E-state index in [4.69, 9.17) is 24.6 Å². The second-order valence-corrected chi connectivity index (χ2v) is 13.1. The quantitative estimate of drug-likeness (QED) is 0.113. The first-order valence-electron chi connectivity index (χ1n) is 17.4. The Morgan fingerprint density at radius 2 is 1.12 bits per heavy atom. The Morgan fingerprint density at radius 1 is 0.500 bits per heavy atom. The molecule has 0 fully saturated rings. The molecule has 0 saturated carbocycles. The van der Waals surface area contributed by atoms with Gasteiger partial charge in [-0.05, 0) is 74.6 Å². The molecule has 10 aromatic rings. The molecule has 5 nitrogen and oxygen atoms in total. The first-order chi connectivity index (χ1) is 25.7. The van der Waals surface area contributed by atoms with Crippen molar-refractivity contribution in [2.75, 3.05) is 0 Å². The number of furan rings is 2. The number of hydrogen-bond donors (Lipinski definition) is 1. The molecule has 0 bridgehead atoms. The minimum atomic E-state index is 0.349. The molecule has 246 valence electrons. The second kappa shape index (κ2) is 12.1. The van der Waals surface area contributed by atoms with Crippen LogP contribution in [0.25, 0.3) is 76.5 Å². The molecule has 5 heteroatoms. The molecular formula is C47H31N3O2. The van der Waals surface area contributed by atoms with E-state index < -0.39 is 0 Å². The first-order valence-corrected chi connectivity index (χ1v) is 17.4. The average Bonchev–Trinajstić information content (AvgIpc) is 3.78. The Bertz CT molecular complexity index is 3060. The summed E-state index contributed by atoms with van der Waals surface area (Å²) in [7, 11) is 0. The number of fused-ring (bicyclic) bond motifs is 9. The van der Waals surface area contributed by atoms with E-state index >= 15 is 0 Å². The minimum Gasteiger partial charge on any atom is -0.456 e. The number of aliphatic imine (C=N–C) groups is 2. The third-order valence-electron chi connectivity index (χ3n) is 9.98. The lowest BCUT2D eigenvalue weighted by molar-refractivity contribution is 0.668. The van der Waals surface area contributed by atoms with Crippen LogP contribution in [0, 0.1) is 0 Å². The smallest absolute Gasteiger partial charge is 0.158 e. The standard InChI is InChI=1S/C47H31N3O2/c48-46(50-47(49-28-29-11-2-1-3-12-29)37-17-10-20-41-43(37)35-15-6-8-18-39(35)51-41)45-34(25-26-42-44(45)36-16-7-9-19-40(36)52-42)32-24-23-31-22-21-30-13-4-5-14-33(30)38(31)27-32/h1-27H,28H2,(H2,48,49,50). The summed E-state index contributed by atoms with van der Waals surface area (Å²) in [5.41, 5.74) is 15.1. The summed E-state index contributed by atoms with van der Waals surface area (Å²) in [6.07, 6.45) is 0. The van der Waals surface area contributed by atoms with Crippen molar-refractivity contribution in [1.29, 1.82) is 0 Å². The van der Waals surface area contributed by atoms with Crippen LogP contribution in [-0.4, -0.2) is 11.7 Å². The van der Waals surface area contributed by atoms with Crippen molar-refractivity contribution in [2.24, 2.45) is 15.7 Å². The van der Waals surface area contributed by atoms with E-state index in [0.29, 0.717) is 18.2 Å². The molecule has 0 amide bonds. The lowest BCUT2D eigenvalue weighted by Crippen LogP contribution is -2.18. The van der Waals surface area contributed by atoms with E-state index in [1.54, 1.807) is 0 Å². The molecule has 8 aromatic carbocycles. The molecule has 0 atom stereocenters. The first kappa shape index (κ1) is 29.9. The van der Waals surface area contributed by atoms with Crippen LogP contribution in [0.5, 0.6) is 0 Å². The van der Waals surface area contributed by atoms with Gasteiger partial charge in [-0.25, -0.2) is 4.99 Å². The van der Waals surface area contributed by atoms with E-state index in [1.165, 1.54) is 21.5 Å². The van der Waals surface area contributed by atoms with E-state index in [1.807, 2.05) is 78.9 Å². The number of benzene rings is 8. The van der Waals surface area contributed by atoms with Gasteiger partial charge in [0.25, 0.3) is 0 Å². The fourth-order valence-corrected chi connectivity index (χ4v) is 7.55. The maximum absolute atomic E-state index is 7.30. The number of nitrogens with zero attached hydrogens (tertiary/aromatic N) is 2. The van der Waals surface area contributed by atoms with Crippen LogP contribution in [-0.2, 0) is 6.54 Å². The minimum absolute atomic E-state index is 0.349. The summed E-state index contributed by atoms with van der Waals surface area (Å²) in [5.74, 6) is 0.876. The molecule has 52 heavy (non-hydrogen) atoms. The maximum Gasteiger partial charge on any atom is 0.158 e. The molecule has 0 saturated heterocycles. The van der Waals surface area contributed by atoms with Gasteiger partial charge in [0.1, 0.15) is 28.2 Å². The highest BCUT2D eigenvalue weighted by atomic mass is 16.3. The van der Waals surface area contributed by atoms with Gasteiger partial charge in [0, 0.05) is 32.7 Å². The van der Waals surface area contributed by atoms with Gasteiger partial charge in [0.05, 0.1) is 6.54 Å². The number of rotatable bonds is 5. The van der Waals surface area contributed by atoms with Crippen molar-refractivity contribution < 1.29 is 8.83 Å².